The molecule has 1 aromatic heterocycles. The van der Waals surface area contributed by atoms with E-state index in [0.29, 0.717) is 22.0 Å². The topological polar surface area (TPSA) is 86.1 Å². The van der Waals surface area contributed by atoms with Gasteiger partial charge in [0.2, 0.25) is 0 Å². The predicted octanol–water partition coefficient (Wildman–Crippen LogP) is 3.27. The fraction of sp³-hybridized carbons (Fsp3) is 0.111. The Hall–Kier alpha value is -3.19. The molecule has 0 unspecified atom stereocenters. The maximum absolute atomic E-state index is 12.5. The van der Waals surface area contributed by atoms with Crippen molar-refractivity contribution in [2.45, 2.75) is 6.92 Å². The Bertz CT molecular complexity index is 950. The third-order valence-corrected chi connectivity index (χ3v) is 4.00. The largest absolute Gasteiger partial charge is 0.465 e. The van der Waals surface area contributed by atoms with Gasteiger partial charge in [0.05, 0.1) is 24.1 Å². The van der Waals surface area contributed by atoms with Crippen LogP contribution in [0.1, 0.15) is 26.5 Å². The SMILES string of the molecule is COC(=O)c1ccc(NC(=O)c2nnn(-c3ccc(Cl)cc3)c2C)cc1. The number of esters is 1. The summed E-state index contributed by atoms with van der Waals surface area (Å²) in [5, 5.41) is 11.3. The molecule has 0 spiro atoms. The van der Waals surface area contributed by atoms with E-state index in [2.05, 4.69) is 20.4 Å². The van der Waals surface area contributed by atoms with Crippen LogP contribution in [0.3, 0.4) is 0 Å². The van der Waals surface area contributed by atoms with Crippen LogP contribution in [0, 0.1) is 6.92 Å². The number of aromatic nitrogens is 3. The third kappa shape index (κ3) is 3.57. The van der Waals surface area contributed by atoms with Crippen molar-refractivity contribution >= 4 is 29.2 Å². The summed E-state index contributed by atoms with van der Waals surface area (Å²) in [6.07, 6.45) is 0. The number of benzene rings is 2. The van der Waals surface area contributed by atoms with E-state index in [4.69, 9.17) is 11.6 Å². The van der Waals surface area contributed by atoms with Crippen LogP contribution >= 0.6 is 11.6 Å². The number of halogens is 1. The summed E-state index contributed by atoms with van der Waals surface area (Å²) in [6, 6.07) is 13.4. The molecule has 8 heteroatoms. The van der Waals surface area contributed by atoms with Gasteiger partial charge in [-0.3, -0.25) is 4.79 Å². The van der Waals surface area contributed by atoms with Crippen molar-refractivity contribution in [2.24, 2.45) is 0 Å². The van der Waals surface area contributed by atoms with E-state index in [-0.39, 0.29) is 5.69 Å². The summed E-state index contributed by atoms with van der Waals surface area (Å²) in [7, 11) is 1.31. The zero-order chi connectivity index (χ0) is 18.7. The monoisotopic (exact) mass is 370 g/mol. The molecule has 0 aliphatic heterocycles. The summed E-state index contributed by atoms with van der Waals surface area (Å²) in [6.45, 7) is 1.75. The van der Waals surface area contributed by atoms with E-state index >= 15 is 0 Å². The molecule has 0 aliphatic carbocycles. The van der Waals surface area contributed by atoms with Gasteiger partial charge in [0.15, 0.2) is 5.69 Å². The van der Waals surface area contributed by atoms with Crippen LogP contribution in [0.2, 0.25) is 5.02 Å². The number of anilines is 1. The number of nitrogens with one attached hydrogen (secondary N) is 1. The molecule has 0 fully saturated rings. The first-order valence-electron chi connectivity index (χ1n) is 7.67. The standard InChI is InChI=1S/C18H15ClN4O3/c1-11-16(21-22-23(11)15-9-5-13(19)6-10-15)17(24)20-14-7-3-12(4-8-14)18(25)26-2/h3-10H,1-2H3,(H,20,24). The minimum Gasteiger partial charge on any atom is -0.465 e. The van der Waals surface area contributed by atoms with Crippen LogP contribution < -0.4 is 5.32 Å². The van der Waals surface area contributed by atoms with Crippen LogP contribution in [0.5, 0.6) is 0 Å². The van der Waals surface area contributed by atoms with Gasteiger partial charge in [-0.25, -0.2) is 9.48 Å². The molecule has 1 N–H and O–H groups in total. The van der Waals surface area contributed by atoms with Gasteiger partial charge in [-0.05, 0) is 55.5 Å². The minimum atomic E-state index is -0.440. The number of amides is 1. The number of ether oxygens (including phenoxy) is 1. The molecule has 3 aromatic rings. The smallest absolute Gasteiger partial charge is 0.337 e. The summed E-state index contributed by atoms with van der Waals surface area (Å²) >= 11 is 5.89. The number of methoxy groups -OCH3 is 1. The zero-order valence-electron chi connectivity index (χ0n) is 14.1. The van der Waals surface area contributed by atoms with Gasteiger partial charge in [-0.1, -0.05) is 16.8 Å². The highest BCUT2D eigenvalue weighted by Crippen LogP contribution is 2.17. The Morgan fingerprint density at radius 3 is 2.35 bits per heavy atom. The highest BCUT2D eigenvalue weighted by Gasteiger charge is 2.17. The third-order valence-electron chi connectivity index (χ3n) is 3.74. The number of rotatable bonds is 4. The van der Waals surface area contributed by atoms with Crippen molar-refractivity contribution in [3.8, 4) is 5.69 Å². The van der Waals surface area contributed by atoms with E-state index in [9.17, 15) is 9.59 Å². The van der Waals surface area contributed by atoms with Crippen LogP contribution in [-0.2, 0) is 4.74 Å². The maximum atomic E-state index is 12.5. The van der Waals surface area contributed by atoms with Gasteiger partial charge in [0.25, 0.3) is 5.91 Å². The van der Waals surface area contributed by atoms with Crippen molar-refractivity contribution in [3.05, 3.63) is 70.5 Å². The number of nitrogens with zero attached hydrogens (tertiary/aromatic N) is 3. The van der Waals surface area contributed by atoms with Gasteiger partial charge in [-0.2, -0.15) is 0 Å². The molecule has 0 aliphatic rings. The second-order valence-corrected chi connectivity index (χ2v) is 5.87. The first-order chi connectivity index (χ1) is 12.5. The molecule has 0 radical (unpaired) electrons. The van der Waals surface area contributed by atoms with Gasteiger partial charge < -0.3 is 10.1 Å². The molecular formula is C18H15ClN4O3. The van der Waals surface area contributed by atoms with Crippen molar-refractivity contribution in [3.63, 3.8) is 0 Å². The predicted molar refractivity (Wildman–Crippen MR) is 96.8 cm³/mol. The number of hydrogen-bond donors (Lipinski definition) is 1. The second-order valence-electron chi connectivity index (χ2n) is 5.43. The fourth-order valence-electron chi connectivity index (χ4n) is 2.36. The molecule has 26 heavy (non-hydrogen) atoms. The zero-order valence-corrected chi connectivity index (χ0v) is 14.8. The lowest BCUT2D eigenvalue weighted by Crippen LogP contribution is -2.14. The van der Waals surface area contributed by atoms with Crippen molar-refractivity contribution in [2.75, 3.05) is 12.4 Å². The first-order valence-corrected chi connectivity index (χ1v) is 8.05. The van der Waals surface area contributed by atoms with E-state index < -0.39 is 11.9 Å². The summed E-state index contributed by atoms with van der Waals surface area (Å²) < 4.78 is 6.20. The Labute approximate surface area is 154 Å². The van der Waals surface area contributed by atoms with Crippen molar-refractivity contribution in [1.82, 2.24) is 15.0 Å². The normalized spacial score (nSPS) is 10.4. The van der Waals surface area contributed by atoms with Crippen LogP contribution in [0.15, 0.2) is 48.5 Å². The number of carbonyl (C=O) groups is 2. The van der Waals surface area contributed by atoms with E-state index in [1.807, 2.05) is 0 Å². The fourth-order valence-corrected chi connectivity index (χ4v) is 2.49. The van der Waals surface area contributed by atoms with Gasteiger partial charge in [-0.15, -0.1) is 5.10 Å². The van der Waals surface area contributed by atoms with Gasteiger partial charge >= 0.3 is 5.97 Å². The molecule has 0 saturated carbocycles. The van der Waals surface area contributed by atoms with E-state index in [1.165, 1.54) is 7.11 Å². The molecule has 7 nitrogen and oxygen atoms in total. The molecule has 1 amide bonds. The van der Waals surface area contributed by atoms with Crippen molar-refractivity contribution < 1.29 is 14.3 Å². The quantitative estimate of drug-likeness (QED) is 0.712. The lowest BCUT2D eigenvalue weighted by atomic mass is 10.2. The molecule has 2 aromatic carbocycles. The lowest BCUT2D eigenvalue weighted by Gasteiger charge is -2.06. The van der Waals surface area contributed by atoms with Crippen LogP contribution in [0.25, 0.3) is 5.69 Å². The Balaban J connectivity index is 1.78. The summed E-state index contributed by atoms with van der Waals surface area (Å²) in [5.74, 6) is -0.835. The van der Waals surface area contributed by atoms with Gasteiger partial charge in [0, 0.05) is 10.7 Å². The van der Waals surface area contributed by atoms with E-state index in [1.54, 1.807) is 60.1 Å². The number of hydrogen-bond acceptors (Lipinski definition) is 5. The molecule has 1 heterocycles. The first kappa shape index (κ1) is 17.6. The number of carbonyl (C=O) groups excluding carboxylic acids is 2. The molecular weight excluding hydrogens is 356 g/mol. The summed E-state index contributed by atoms with van der Waals surface area (Å²) in [4.78, 5) is 23.9. The van der Waals surface area contributed by atoms with Crippen LogP contribution in [0.4, 0.5) is 5.69 Å². The van der Waals surface area contributed by atoms with Crippen molar-refractivity contribution in [1.29, 1.82) is 0 Å². The van der Waals surface area contributed by atoms with Crippen LogP contribution in [-0.4, -0.2) is 34.0 Å². The molecule has 3 rings (SSSR count). The molecule has 0 bridgehead atoms. The second kappa shape index (κ2) is 7.37. The Morgan fingerprint density at radius 2 is 1.73 bits per heavy atom. The maximum Gasteiger partial charge on any atom is 0.337 e. The molecule has 132 valence electrons. The Kier molecular flexibility index (Phi) is 4.99. The molecule has 0 saturated heterocycles. The summed E-state index contributed by atoms with van der Waals surface area (Å²) in [5.41, 5.74) is 2.48. The van der Waals surface area contributed by atoms with Gasteiger partial charge in [0.1, 0.15) is 0 Å². The minimum absolute atomic E-state index is 0.206. The average Bonchev–Trinajstić information content (AvgIpc) is 3.04. The Morgan fingerprint density at radius 1 is 1.08 bits per heavy atom. The highest BCUT2D eigenvalue weighted by atomic mass is 35.5. The average molecular weight is 371 g/mol. The molecule has 0 atom stereocenters. The van der Waals surface area contributed by atoms with E-state index in [0.717, 1.165) is 5.69 Å². The highest BCUT2D eigenvalue weighted by molar-refractivity contribution is 6.30. The lowest BCUT2D eigenvalue weighted by molar-refractivity contribution is 0.0600.